The van der Waals surface area contributed by atoms with Crippen molar-refractivity contribution in [1.29, 1.82) is 0 Å². The van der Waals surface area contributed by atoms with Crippen LogP contribution in [0.5, 0.6) is 0 Å². The number of rotatable bonds is 13. The van der Waals surface area contributed by atoms with Gasteiger partial charge in [0.15, 0.2) is 0 Å². The number of nitrogens with one attached hydrogen (secondary N) is 1. The van der Waals surface area contributed by atoms with Crippen LogP contribution in [0.1, 0.15) is 25.7 Å². The number of ether oxygens (including phenoxy) is 3. The van der Waals surface area contributed by atoms with Gasteiger partial charge in [0.2, 0.25) is 0 Å². The van der Waals surface area contributed by atoms with Crippen molar-refractivity contribution in [1.82, 2.24) is 5.32 Å². The fourth-order valence-corrected chi connectivity index (χ4v) is 1.66. The van der Waals surface area contributed by atoms with Crippen molar-refractivity contribution in [2.24, 2.45) is 0 Å². The summed E-state index contributed by atoms with van der Waals surface area (Å²) in [5.74, 6) is 0. The van der Waals surface area contributed by atoms with E-state index in [4.69, 9.17) is 14.2 Å². The van der Waals surface area contributed by atoms with Crippen LogP contribution in [0.2, 0.25) is 0 Å². The molecule has 2 N–H and O–H groups in total. The highest BCUT2D eigenvalue weighted by Gasteiger charge is 2.23. The Morgan fingerprint density at radius 3 is 2.44 bits per heavy atom. The van der Waals surface area contributed by atoms with E-state index < -0.39 is 0 Å². The predicted molar refractivity (Wildman–Crippen MR) is 69.8 cm³/mol. The van der Waals surface area contributed by atoms with E-state index in [2.05, 4.69) is 5.32 Å². The van der Waals surface area contributed by atoms with Crippen LogP contribution in [0.15, 0.2) is 0 Å². The quantitative estimate of drug-likeness (QED) is 0.474. The molecule has 5 heteroatoms. The highest BCUT2D eigenvalue weighted by atomic mass is 16.5. The van der Waals surface area contributed by atoms with Crippen molar-refractivity contribution < 1.29 is 19.3 Å². The first-order chi connectivity index (χ1) is 8.86. The maximum Gasteiger partial charge on any atom is 0.0700 e. The number of methoxy groups -OCH3 is 1. The van der Waals surface area contributed by atoms with E-state index >= 15 is 0 Å². The van der Waals surface area contributed by atoms with Crippen LogP contribution in [-0.4, -0.2) is 63.9 Å². The molecule has 0 saturated heterocycles. The Bertz CT molecular complexity index is 188. The number of aliphatic hydroxyl groups excluding tert-OH is 1. The van der Waals surface area contributed by atoms with E-state index in [1.165, 1.54) is 12.8 Å². The van der Waals surface area contributed by atoms with Gasteiger partial charge < -0.3 is 24.6 Å². The molecule has 0 aromatic carbocycles. The number of hydrogen-bond acceptors (Lipinski definition) is 5. The zero-order valence-corrected chi connectivity index (χ0v) is 11.4. The standard InChI is InChI=1S/C13H27NO4/c1-16-6-2-7-17-9-10-18-8-5-13(11-15)14-12-3-4-12/h12-15H,2-11H2,1H3. The summed E-state index contributed by atoms with van der Waals surface area (Å²) in [6.07, 6.45) is 4.27. The van der Waals surface area contributed by atoms with Crippen molar-refractivity contribution in [2.45, 2.75) is 37.8 Å². The highest BCUT2D eigenvalue weighted by Crippen LogP contribution is 2.19. The van der Waals surface area contributed by atoms with Crippen LogP contribution >= 0.6 is 0 Å². The first-order valence-corrected chi connectivity index (χ1v) is 6.88. The van der Waals surface area contributed by atoms with E-state index in [1.807, 2.05) is 0 Å². The fourth-order valence-electron chi connectivity index (χ4n) is 1.66. The number of hydrogen-bond donors (Lipinski definition) is 2. The molecule has 0 aromatic heterocycles. The van der Waals surface area contributed by atoms with Crippen LogP contribution in [0, 0.1) is 0 Å². The van der Waals surface area contributed by atoms with Gasteiger partial charge in [0.25, 0.3) is 0 Å². The van der Waals surface area contributed by atoms with Crippen LogP contribution in [0.3, 0.4) is 0 Å². The van der Waals surface area contributed by atoms with E-state index in [0.29, 0.717) is 25.9 Å². The molecule has 5 nitrogen and oxygen atoms in total. The van der Waals surface area contributed by atoms with Crippen molar-refractivity contribution >= 4 is 0 Å². The van der Waals surface area contributed by atoms with Gasteiger partial charge in [-0.1, -0.05) is 0 Å². The van der Waals surface area contributed by atoms with Gasteiger partial charge in [-0.15, -0.1) is 0 Å². The smallest absolute Gasteiger partial charge is 0.0700 e. The van der Waals surface area contributed by atoms with Gasteiger partial charge in [0.05, 0.1) is 19.8 Å². The Hall–Kier alpha value is -0.200. The highest BCUT2D eigenvalue weighted by molar-refractivity contribution is 4.84. The minimum atomic E-state index is 0.181. The van der Waals surface area contributed by atoms with E-state index in [-0.39, 0.29) is 12.6 Å². The van der Waals surface area contributed by atoms with Crippen molar-refractivity contribution in [3.05, 3.63) is 0 Å². The van der Waals surface area contributed by atoms with Gasteiger partial charge in [0.1, 0.15) is 0 Å². The van der Waals surface area contributed by atoms with Crippen LogP contribution in [0.4, 0.5) is 0 Å². The lowest BCUT2D eigenvalue weighted by Crippen LogP contribution is -2.35. The minimum absolute atomic E-state index is 0.181. The zero-order chi connectivity index (χ0) is 13.1. The Balaban J connectivity index is 1.79. The molecule has 18 heavy (non-hydrogen) atoms. The van der Waals surface area contributed by atoms with Gasteiger partial charge in [0, 0.05) is 39.0 Å². The molecule has 1 aliphatic carbocycles. The first-order valence-electron chi connectivity index (χ1n) is 6.88. The lowest BCUT2D eigenvalue weighted by atomic mass is 10.2. The molecule has 108 valence electrons. The van der Waals surface area contributed by atoms with Gasteiger partial charge in [-0.25, -0.2) is 0 Å². The molecule has 0 aromatic rings. The molecule has 0 bridgehead atoms. The van der Waals surface area contributed by atoms with Crippen LogP contribution < -0.4 is 5.32 Å². The minimum Gasteiger partial charge on any atom is -0.395 e. The van der Waals surface area contributed by atoms with Crippen molar-refractivity contribution in [3.8, 4) is 0 Å². The molecular weight excluding hydrogens is 234 g/mol. The second-order valence-corrected chi connectivity index (χ2v) is 4.68. The Kier molecular flexibility index (Phi) is 9.42. The molecule has 1 unspecified atom stereocenters. The van der Waals surface area contributed by atoms with Crippen LogP contribution in [-0.2, 0) is 14.2 Å². The van der Waals surface area contributed by atoms with Crippen molar-refractivity contribution in [3.63, 3.8) is 0 Å². The third-order valence-corrected chi connectivity index (χ3v) is 2.89. The fraction of sp³-hybridized carbons (Fsp3) is 1.00. The van der Waals surface area contributed by atoms with Crippen LogP contribution in [0.25, 0.3) is 0 Å². The molecule has 0 spiro atoms. The van der Waals surface area contributed by atoms with Gasteiger partial charge in [-0.3, -0.25) is 0 Å². The summed E-state index contributed by atoms with van der Waals surface area (Å²) in [5, 5.41) is 12.6. The summed E-state index contributed by atoms with van der Waals surface area (Å²) in [7, 11) is 1.69. The topological polar surface area (TPSA) is 60.0 Å². The Labute approximate surface area is 110 Å². The Morgan fingerprint density at radius 1 is 1.11 bits per heavy atom. The molecule has 1 atom stereocenters. The molecule has 0 amide bonds. The molecule has 0 aliphatic heterocycles. The summed E-state index contributed by atoms with van der Waals surface area (Å²) in [6.45, 7) is 3.57. The summed E-state index contributed by atoms with van der Waals surface area (Å²) >= 11 is 0. The predicted octanol–water partition coefficient (Wildman–Crippen LogP) is 0.559. The lowest BCUT2D eigenvalue weighted by molar-refractivity contribution is 0.0353. The lowest BCUT2D eigenvalue weighted by Gasteiger charge is -2.15. The second-order valence-electron chi connectivity index (χ2n) is 4.68. The third-order valence-electron chi connectivity index (χ3n) is 2.89. The summed E-state index contributed by atoms with van der Waals surface area (Å²) in [4.78, 5) is 0. The van der Waals surface area contributed by atoms with Crippen molar-refractivity contribution in [2.75, 3.05) is 46.8 Å². The normalized spacial score (nSPS) is 17.0. The number of aliphatic hydroxyl groups is 1. The zero-order valence-electron chi connectivity index (χ0n) is 11.4. The second kappa shape index (κ2) is 10.7. The van der Waals surface area contributed by atoms with Gasteiger partial charge in [-0.05, 0) is 25.7 Å². The molecule has 1 aliphatic rings. The summed E-state index contributed by atoms with van der Waals surface area (Å²) in [5.41, 5.74) is 0. The van der Waals surface area contributed by atoms with E-state index in [1.54, 1.807) is 7.11 Å². The maximum atomic E-state index is 9.17. The first kappa shape index (κ1) is 15.9. The SMILES string of the molecule is COCCCOCCOCCC(CO)NC1CC1. The third kappa shape index (κ3) is 8.83. The van der Waals surface area contributed by atoms with E-state index in [9.17, 15) is 5.11 Å². The summed E-state index contributed by atoms with van der Waals surface area (Å²) in [6, 6.07) is 0.811. The molecule has 1 rings (SSSR count). The van der Waals surface area contributed by atoms with E-state index in [0.717, 1.165) is 26.1 Å². The average molecular weight is 261 g/mol. The molecule has 0 radical (unpaired) electrons. The monoisotopic (exact) mass is 261 g/mol. The van der Waals surface area contributed by atoms with Gasteiger partial charge in [-0.2, -0.15) is 0 Å². The van der Waals surface area contributed by atoms with Gasteiger partial charge >= 0.3 is 0 Å². The average Bonchev–Trinajstić information content (AvgIpc) is 3.19. The molecule has 1 fully saturated rings. The Morgan fingerprint density at radius 2 is 1.83 bits per heavy atom. The summed E-state index contributed by atoms with van der Waals surface area (Å²) < 4.78 is 15.8. The molecule has 1 saturated carbocycles. The molecular formula is C13H27NO4. The molecule has 0 heterocycles. The largest absolute Gasteiger partial charge is 0.395 e. The maximum absolute atomic E-state index is 9.17.